The van der Waals surface area contributed by atoms with Crippen LogP contribution in [-0.4, -0.2) is 35.6 Å². The smallest absolute Gasteiger partial charge is 0.116 e. The van der Waals surface area contributed by atoms with Crippen molar-refractivity contribution < 1.29 is 0 Å². The molecule has 0 spiro atoms. The summed E-state index contributed by atoms with van der Waals surface area (Å²) < 4.78 is 0. The molecule has 2 aliphatic carbocycles. The number of likely N-dealkylation sites (tertiary alicyclic amines) is 1. The third kappa shape index (κ3) is 2.55. The van der Waals surface area contributed by atoms with Crippen LogP contribution in [0.4, 0.5) is 0 Å². The standard InChI is InChI=1S/C15H25N3/c1-15(10-16,17-13-7-8-13)11-18-9-3-5-12-4-2-6-14(12)18/h12-14,17H,2-9,11H2,1H3. The van der Waals surface area contributed by atoms with E-state index in [1.165, 1.54) is 51.5 Å². The van der Waals surface area contributed by atoms with E-state index in [4.69, 9.17) is 0 Å². The van der Waals surface area contributed by atoms with Gasteiger partial charge in [0.05, 0.1) is 6.07 Å². The maximum atomic E-state index is 9.49. The highest BCUT2D eigenvalue weighted by molar-refractivity contribution is 5.10. The van der Waals surface area contributed by atoms with Gasteiger partial charge in [0.25, 0.3) is 0 Å². The van der Waals surface area contributed by atoms with Crippen molar-refractivity contribution >= 4 is 0 Å². The van der Waals surface area contributed by atoms with Gasteiger partial charge in [0, 0.05) is 18.6 Å². The van der Waals surface area contributed by atoms with Crippen molar-refractivity contribution in [3.8, 4) is 6.07 Å². The average molecular weight is 247 g/mol. The molecule has 0 bridgehead atoms. The first-order valence-corrected chi connectivity index (χ1v) is 7.63. The number of fused-ring (bicyclic) bond motifs is 1. The van der Waals surface area contributed by atoms with Gasteiger partial charge in [-0.25, -0.2) is 0 Å². The molecule has 1 saturated heterocycles. The summed E-state index contributed by atoms with van der Waals surface area (Å²) >= 11 is 0. The minimum absolute atomic E-state index is 0.342. The molecular formula is C15H25N3. The molecule has 0 aromatic heterocycles. The van der Waals surface area contributed by atoms with Gasteiger partial charge in [0.15, 0.2) is 0 Å². The van der Waals surface area contributed by atoms with E-state index in [-0.39, 0.29) is 5.54 Å². The Morgan fingerprint density at radius 2 is 2.00 bits per heavy atom. The molecule has 0 radical (unpaired) electrons. The van der Waals surface area contributed by atoms with E-state index < -0.39 is 0 Å². The highest BCUT2D eigenvalue weighted by Crippen LogP contribution is 2.37. The van der Waals surface area contributed by atoms with Crippen molar-refractivity contribution in [1.29, 1.82) is 5.26 Å². The van der Waals surface area contributed by atoms with Gasteiger partial charge >= 0.3 is 0 Å². The summed E-state index contributed by atoms with van der Waals surface area (Å²) in [5.41, 5.74) is -0.342. The van der Waals surface area contributed by atoms with Crippen molar-refractivity contribution in [2.75, 3.05) is 13.1 Å². The van der Waals surface area contributed by atoms with Crippen LogP contribution < -0.4 is 5.32 Å². The lowest BCUT2D eigenvalue weighted by molar-refractivity contribution is 0.0917. The summed E-state index contributed by atoms with van der Waals surface area (Å²) in [7, 11) is 0. The van der Waals surface area contributed by atoms with E-state index in [1.807, 2.05) is 0 Å². The normalized spacial score (nSPS) is 35.8. The van der Waals surface area contributed by atoms with Crippen LogP contribution in [0.1, 0.15) is 51.9 Å². The molecular weight excluding hydrogens is 222 g/mol. The lowest BCUT2D eigenvalue weighted by Crippen LogP contribution is -2.55. The van der Waals surface area contributed by atoms with Gasteiger partial charge in [-0.2, -0.15) is 5.26 Å². The Bertz CT molecular complexity index is 344. The van der Waals surface area contributed by atoms with Crippen molar-refractivity contribution in [1.82, 2.24) is 10.2 Å². The number of hydrogen-bond donors (Lipinski definition) is 1. The molecule has 1 N–H and O–H groups in total. The summed E-state index contributed by atoms with van der Waals surface area (Å²) in [5, 5.41) is 13.0. The highest BCUT2D eigenvalue weighted by Gasteiger charge is 2.40. The van der Waals surface area contributed by atoms with E-state index in [9.17, 15) is 5.26 Å². The summed E-state index contributed by atoms with van der Waals surface area (Å²) in [6.45, 7) is 4.20. The summed E-state index contributed by atoms with van der Waals surface area (Å²) in [6, 6.07) is 3.90. The molecule has 0 amide bonds. The van der Waals surface area contributed by atoms with Crippen LogP contribution >= 0.6 is 0 Å². The SMILES string of the molecule is CC(C#N)(CN1CCCC2CCCC21)NC1CC1. The predicted molar refractivity (Wildman–Crippen MR) is 72.1 cm³/mol. The maximum absolute atomic E-state index is 9.49. The van der Waals surface area contributed by atoms with Crippen LogP contribution in [0, 0.1) is 17.2 Å². The Hall–Kier alpha value is -0.590. The Morgan fingerprint density at radius 3 is 2.72 bits per heavy atom. The van der Waals surface area contributed by atoms with Crippen LogP contribution in [-0.2, 0) is 0 Å². The number of rotatable bonds is 4. The quantitative estimate of drug-likeness (QED) is 0.828. The molecule has 3 heteroatoms. The van der Waals surface area contributed by atoms with Crippen LogP contribution in [0.25, 0.3) is 0 Å². The molecule has 3 atom stereocenters. The van der Waals surface area contributed by atoms with Crippen LogP contribution in [0.5, 0.6) is 0 Å². The van der Waals surface area contributed by atoms with E-state index in [0.29, 0.717) is 6.04 Å². The van der Waals surface area contributed by atoms with Crippen molar-refractivity contribution in [2.45, 2.75) is 69.5 Å². The zero-order valence-electron chi connectivity index (χ0n) is 11.5. The summed E-state index contributed by atoms with van der Waals surface area (Å²) in [4.78, 5) is 2.61. The van der Waals surface area contributed by atoms with Gasteiger partial charge in [0.1, 0.15) is 5.54 Å². The average Bonchev–Trinajstić information content (AvgIpc) is 3.03. The molecule has 3 unspecified atom stereocenters. The summed E-state index contributed by atoms with van der Waals surface area (Å²) in [6.07, 6.45) is 9.42. The number of nitrogens with zero attached hydrogens (tertiary/aromatic N) is 2. The lowest BCUT2D eigenvalue weighted by Gasteiger charge is -2.41. The largest absolute Gasteiger partial charge is 0.297 e. The topological polar surface area (TPSA) is 39.1 Å². The van der Waals surface area contributed by atoms with Gasteiger partial charge in [0.2, 0.25) is 0 Å². The van der Waals surface area contributed by atoms with Gasteiger partial charge in [-0.15, -0.1) is 0 Å². The molecule has 1 heterocycles. The fraction of sp³-hybridized carbons (Fsp3) is 0.933. The van der Waals surface area contributed by atoms with E-state index >= 15 is 0 Å². The molecule has 18 heavy (non-hydrogen) atoms. The van der Waals surface area contributed by atoms with Gasteiger partial charge in [-0.3, -0.25) is 10.2 Å². The third-order valence-electron chi connectivity index (χ3n) is 4.97. The third-order valence-corrected chi connectivity index (χ3v) is 4.97. The van der Waals surface area contributed by atoms with Gasteiger partial charge in [-0.05, 0) is 57.9 Å². The second-order valence-electron chi connectivity index (χ2n) is 6.73. The van der Waals surface area contributed by atoms with Crippen LogP contribution in [0.3, 0.4) is 0 Å². The fourth-order valence-electron chi connectivity index (χ4n) is 3.95. The van der Waals surface area contributed by atoms with Gasteiger partial charge in [-0.1, -0.05) is 6.42 Å². The summed E-state index contributed by atoms with van der Waals surface area (Å²) in [5.74, 6) is 0.919. The molecule has 3 aliphatic rings. The Balaban J connectivity index is 1.64. The molecule has 3 rings (SSSR count). The van der Waals surface area contributed by atoms with E-state index in [2.05, 4.69) is 23.2 Å². The van der Waals surface area contributed by atoms with E-state index in [0.717, 1.165) is 18.5 Å². The molecule has 100 valence electrons. The molecule has 3 nitrogen and oxygen atoms in total. The highest BCUT2D eigenvalue weighted by atomic mass is 15.2. The first kappa shape index (κ1) is 12.4. The maximum Gasteiger partial charge on any atom is 0.116 e. The zero-order valence-corrected chi connectivity index (χ0v) is 11.5. The predicted octanol–water partition coefficient (Wildman–Crippen LogP) is 2.29. The molecule has 3 fully saturated rings. The van der Waals surface area contributed by atoms with Gasteiger partial charge < -0.3 is 0 Å². The Kier molecular flexibility index (Phi) is 3.34. The first-order chi connectivity index (χ1) is 8.70. The monoisotopic (exact) mass is 247 g/mol. The minimum Gasteiger partial charge on any atom is -0.297 e. The zero-order chi connectivity index (χ0) is 12.6. The second kappa shape index (κ2) is 4.83. The number of nitrogens with one attached hydrogen (secondary N) is 1. The first-order valence-electron chi connectivity index (χ1n) is 7.63. The van der Waals surface area contributed by atoms with Crippen molar-refractivity contribution in [2.24, 2.45) is 5.92 Å². The van der Waals surface area contributed by atoms with E-state index in [1.54, 1.807) is 0 Å². The number of hydrogen-bond acceptors (Lipinski definition) is 3. The Labute approximate surface area is 111 Å². The molecule has 2 saturated carbocycles. The fourth-order valence-corrected chi connectivity index (χ4v) is 3.95. The molecule has 0 aromatic carbocycles. The Morgan fingerprint density at radius 1 is 1.22 bits per heavy atom. The number of piperidine rings is 1. The molecule has 1 aliphatic heterocycles. The molecule has 0 aromatic rings. The number of nitriles is 1. The van der Waals surface area contributed by atoms with Crippen LogP contribution in [0.15, 0.2) is 0 Å². The van der Waals surface area contributed by atoms with Crippen molar-refractivity contribution in [3.05, 3.63) is 0 Å². The van der Waals surface area contributed by atoms with Crippen molar-refractivity contribution in [3.63, 3.8) is 0 Å². The second-order valence-corrected chi connectivity index (χ2v) is 6.73. The lowest BCUT2D eigenvalue weighted by atomic mass is 9.90. The van der Waals surface area contributed by atoms with Crippen LogP contribution in [0.2, 0.25) is 0 Å². The minimum atomic E-state index is -0.342.